The third-order valence-corrected chi connectivity index (χ3v) is 3.70. The average Bonchev–Trinajstić information content (AvgIpc) is 2.15. The van der Waals surface area contributed by atoms with Gasteiger partial charge in [0.15, 0.2) is 6.86 Å². The van der Waals surface area contributed by atoms with Crippen LogP contribution in [0.1, 0.15) is 5.56 Å². The van der Waals surface area contributed by atoms with Crippen LogP contribution in [0.3, 0.4) is 0 Å². The first-order chi connectivity index (χ1) is 7.85. The quantitative estimate of drug-likeness (QED) is 0.465. The molecule has 0 amide bonds. The van der Waals surface area contributed by atoms with E-state index in [1.54, 1.807) is 6.07 Å². The molecule has 96 valence electrons. The van der Waals surface area contributed by atoms with Crippen molar-refractivity contribution in [3.05, 3.63) is 35.9 Å². The fourth-order valence-corrected chi connectivity index (χ4v) is 2.68. The summed E-state index contributed by atoms with van der Waals surface area (Å²) in [6, 6.07) is 6.74. The molecule has 0 heterocycles. The minimum atomic E-state index is -5.19. The number of halogens is 5. The zero-order valence-electron chi connectivity index (χ0n) is 8.51. The molecule has 17 heavy (non-hydrogen) atoms. The number of benzene rings is 1. The Hall–Kier alpha value is -0.993. The molecule has 1 unspecified atom stereocenters. The van der Waals surface area contributed by atoms with E-state index in [4.69, 9.17) is 0 Å². The highest BCUT2D eigenvalue weighted by Crippen LogP contribution is 2.27. The maximum Gasteiger partial charge on any atom is 0.552 e. The minimum absolute atomic E-state index is 0.249. The van der Waals surface area contributed by atoms with E-state index in [0.29, 0.717) is 0 Å². The summed E-state index contributed by atoms with van der Waals surface area (Å²) in [6.07, 6.45) is -5.19. The van der Waals surface area contributed by atoms with Crippen LogP contribution in [-0.2, 0) is 14.9 Å². The van der Waals surface area contributed by atoms with Crippen molar-refractivity contribution in [1.29, 1.82) is 0 Å². The van der Waals surface area contributed by atoms with Gasteiger partial charge in [0.1, 0.15) is 0 Å². The summed E-state index contributed by atoms with van der Waals surface area (Å²) in [5.74, 6) is 0. The largest absolute Gasteiger partial charge is 0.552 e. The zero-order chi connectivity index (χ0) is 12.9. The molecular weight excluding hydrogens is 263 g/mol. The summed E-state index contributed by atoms with van der Waals surface area (Å²) in [6.45, 7) is -1.66. The van der Waals surface area contributed by atoms with Gasteiger partial charge < -0.3 is 4.43 Å². The molecule has 0 saturated heterocycles. The summed E-state index contributed by atoms with van der Waals surface area (Å²) < 4.78 is 68.6. The second-order valence-electron chi connectivity index (χ2n) is 3.12. The molecule has 0 fully saturated rings. The minimum Gasteiger partial charge on any atom is -0.341 e. The lowest BCUT2D eigenvalue weighted by molar-refractivity contribution is -0.294. The smallest absolute Gasteiger partial charge is 0.341 e. The Balaban J connectivity index is 2.78. The topological polar surface area (TPSA) is 18.5 Å². The Morgan fingerprint density at radius 2 is 1.71 bits per heavy atom. The van der Waals surface area contributed by atoms with Crippen molar-refractivity contribution in [1.82, 2.24) is 0 Å². The van der Waals surface area contributed by atoms with Crippen LogP contribution in [0.4, 0.5) is 21.7 Å². The van der Waals surface area contributed by atoms with Crippen molar-refractivity contribution < 1.29 is 30.5 Å². The fraction of sp³-hybridized carbons (Fsp3) is 0.333. The van der Waals surface area contributed by atoms with Crippen molar-refractivity contribution in [3.63, 3.8) is 0 Å². The molecule has 0 aliphatic rings. The van der Waals surface area contributed by atoms with Crippen LogP contribution in [0, 0.1) is 0 Å². The summed E-state index contributed by atoms with van der Waals surface area (Å²) in [4.78, 5) is 0. The van der Waals surface area contributed by atoms with Gasteiger partial charge in [-0.15, -0.1) is 13.2 Å². The van der Waals surface area contributed by atoms with E-state index < -0.39 is 28.2 Å². The van der Waals surface area contributed by atoms with Crippen molar-refractivity contribution in [3.8, 4) is 0 Å². The van der Waals surface area contributed by atoms with Gasteiger partial charge in [0.2, 0.25) is 0 Å². The van der Waals surface area contributed by atoms with E-state index in [1.165, 1.54) is 24.3 Å². The van der Waals surface area contributed by atoms with E-state index in [0.717, 1.165) is 0 Å². The lowest BCUT2D eigenvalue weighted by atomic mass is 10.2. The molecule has 0 spiro atoms. The molecule has 0 bridgehead atoms. The van der Waals surface area contributed by atoms with Crippen LogP contribution < -0.4 is 0 Å². The number of alkyl halides is 4. The first-order valence-corrected chi connectivity index (χ1v) is 6.44. The van der Waals surface area contributed by atoms with Gasteiger partial charge in [-0.25, -0.2) is 8.50 Å². The van der Waals surface area contributed by atoms with Crippen LogP contribution >= 0.6 is 0 Å². The van der Waals surface area contributed by atoms with E-state index in [1.807, 2.05) is 0 Å². The van der Waals surface area contributed by atoms with E-state index in [2.05, 4.69) is 8.85 Å². The Labute approximate surface area is 95.4 Å². The molecule has 0 saturated carbocycles. The van der Waals surface area contributed by atoms with Crippen LogP contribution in [0.25, 0.3) is 0 Å². The predicted octanol–water partition coefficient (Wildman–Crippen LogP) is 3.16. The van der Waals surface area contributed by atoms with Crippen LogP contribution in [0.5, 0.6) is 0 Å². The van der Waals surface area contributed by atoms with Crippen molar-refractivity contribution in [2.24, 2.45) is 0 Å². The SMILES string of the molecule is FCO[Si](F)(Cc1ccccc1)OC(F)(F)F. The molecule has 1 aromatic rings. The van der Waals surface area contributed by atoms with Gasteiger partial charge in [-0.05, 0) is 5.56 Å². The number of rotatable bonds is 5. The maximum absolute atomic E-state index is 13.7. The molecule has 0 aromatic heterocycles. The average molecular weight is 272 g/mol. The van der Waals surface area contributed by atoms with Crippen molar-refractivity contribution in [2.75, 3.05) is 6.86 Å². The maximum atomic E-state index is 13.7. The molecular formula is C9H9F5O2Si. The van der Waals surface area contributed by atoms with Gasteiger partial charge in [0.25, 0.3) is 0 Å². The molecule has 8 heteroatoms. The molecule has 1 aromatic carbocycles. The highest BCUT2D eigenvalue weighted by atomic mass is 28.4. The summed E-state index contributed by atoms with van der Waals surface area (Å²) in [7, 11) is -5.13. The second-order valence-corrected chi connectivity index (χ2v) is 5.29. The Morgan fingerprint density at radius 1 is 1.12 bits per heavy atom. The highest BCUT2D eigenvalue weighted by Gasteiger charge is 2.50. The van der Waals surface area contributed by atoms with Gasteiger partial charge in [-0.2, -0.15) is 0 Å². The van der Waals surface area contributed by atoms with Gasteiger partial charge >= 0.3 is 15.3 Å². The normalized spacial score (nSPS) is 15.6. The Bertz CT molecular complexity index is 345. The molecule has 0 aliphatic carbocycles. The molecule has 0 N–H and O–H groups in total. The third-order valence-electron chi connectivity index (χ3n) is 1.80. The standard InChI is InChI=1S/C9H9F5O2Si/c10-7-15-17(14,16-9(11,12)13)6-8-4-2-1-3-5-8/h1-5H,6-7H2. The summed E-state index contributed by atoms with van der Waals surface area (Å²) in [5.41, 5.74) is 0.249. The molecule has 0 radical (unpaired) electrons. The number of hydrogen-bond acceptors (Lipinski definition) is 2. The number of hydrogen-bond donors (Lipinski definition) is 0. The van der Waals surface area contributed by atoms with Crippen LogP contribution in [0.2, 0.25) is 0 Å². The van der Waals surface area contributed by atoms with Gasteiger partial charge in [0.05, 0.1) is 0 Å². The van der Waals surface area contributed by atoms with Crippen molar-refractivity contribution in [2.45, 2.75) is 12.4 Å². The molecule has 0 aliphatic heterocycles. The Kier molecular flexibility index (Phi) is 4.60. The fourth-order valence-electron chi connectivity index (χ4n) is 1.21. The van der Waals surface area contributed by atoms with Gasteiger partial charge in [0, 0.05) is 6.04 Å². The summed E-state index contributed by atoms with van der Waals surface area (Å²) >= 11 is 0. The lowest BCUT2D eigenvalue weighted by Crippen LogP contribution is -2.45. The second kappa shape index (κ2) is 5.56. The highest BCUT2D eigenvalue weighted by molar-refractivity contribution is 6.59. The zero-order valence-corrected chi connectivity index (χ0v) is 9.51. The van der Waals surface area contributed by atoms with E-state index in [9.17, 15) is 21.7 Å². The predicted molar refractivity (Wildman–Crippen MR) is 51.2 cm³/mol. The van der Waals surface area contributed by atoms with Crippen LogP contribution in [0.15, 0.2) is 30.3 Å². The van der Waals surface area contributed by atoms with Crippen molar-refractivity contribution >= 4 is 8.89 Å². The first kappa shape index (κ1) is 14.1. The molecule has 1 rings (SSSR count). The van der Waals surface area contributed by atoms with Gasteiger partial charge in [-0.3, -0.25) is 4.43 Å². The Morgan fingerprint density at radius 3 is 2.18 bits per heavy atom. The lowest BCUT2D eigenvalue weighted by Gasteiger charge is -2.21. The monoisotopic (exact) mass is 272 g/mol. The van der Waals surface area contributed by atoms with E-state index >= 15 is 0 Å². The first-order valence-electron chi connectivity index (χ1n) is 4.54. The van der Waals surface area contributed by atoms with Gasteiger partial charge in [-0.1, -0.05) is 30.3 Å². The van der Waals surface area contributed by atoms with Crippen LogP contribution in [-0.4, -0.2) is 22.1 Å². The molecule has 2 nitrogen and oxygen atoms in total. The third kappa shape index (κ3) is 5.24. The summed E-state index contributed by atoms with van der Waals surface area (Å²) in [5, 5.41) is 0. The van der Waals surface area contributed by atoms with E-state index in [-0.39, 0.29) is 5.56 Å². The molecule has 1 atom stereocenters.